The molecule has 1 atom stereocenters. The van der Waals surface area contributed by atoms with E-state index in [4.69, 9.17) is 10.5 Å². The average Bonchev–Trinajstić information content (AvgIpc) is 2.32. The van der Waals surface area contributed by atoms with Crippen molar-refractivity contribution in [2.75, 3.05) is 31.7 Å². The molecule has 0 aliphatic rings. The Balaban J connectivity index is 3.02. The minimum atomic E-state index is -0.189. The van der Waals surface area contributed by atoms with Gasteiger partial charge in [0.25, 0.3) is 0 Å². The highest BCUT2D eigenvalue weighted by molar-refractivity contribution is 5.55. The van der Waals surface area contributed by atoms with Gasteiger partial charge in [-0.1, -0.05) is 12.1 Å². The van der Waals surface area contributed by atoms with Gasteiger partial charge in [-0.25, -0.2) is 4.39 Å². The van der Waals surface area contributed by atoms with E-state index in [1.807, 2.05) is 24.8 Å². The third-order valence-corrected chi connectivity index (χ3v) is 2.88. The molecule has 0 aliphatic heterocycles. The zero-order valence-corrected chi connectivity index (χ0v) is 11.4. The van der Waals surface area contributed by atoms with Crippen LogP contribution in [0.2, 0.25) is 0 Å². The van der Waals surface area contributed by atoms with Gasteiger partial charge in [-0.15, -0.1) is 0 Å². The van der Waals surface area contributed by atoms with Crippen molar-refractivity contribution in [3.8, 4) is 0 Å². The fourth-order valence-corrected chi connectivity index (χ4v) is 2.06. The van der Waals surface area contributed by atoms with Gasteiger partial charge in [0.2, 0.25) is 0 Å². The highest BCUT2D eigenvalue weighted by Crippen LogP contribution is 2.25. The van der Waals surface area contributed by atoms with Gasteiger partial charge in [-0.05, 0) is 31.9 Å². The van der Waals surface area contributed by atoms with Crippen molar-refractivity contribution >= 4 is 5.69 Å². The summed E-state index contributed by atoms with van der Waals surface area (Å²) in [5, 5.41) is 0. The number of nitrogens with zero attached hydrogens (tertiary/aromatic N) is 1. The number of ether oxygens (including phenoxy) is 1. The summed E-state index contributed by atoms with van der Waals surface area (Å²) < 4.78 is 19.1. The molecule has 0 spiro atoms. The zero-order valence-electron chi connectivity index (χ0n) is 11.4. The van der Waals surface area contributed by atoms with Crippen LogP contribution in [-0.4, -0.2) is 32.8 Å². The molecule has 0 aliphatic carbocycles. The summed E-state index contributed by atoms with van der Waals surface area (Å²) in [5.41, 5.74) is 7.44. The zero-order chi connectivity index (χ0) is 13.5. The summed E-state index contributed by atoms with van der Waals surface area (Å²) in [6, 6.07) is 5.19. The minimum Gasteiger partial charge on any atom is -0.383 e. The van der Waals surface area contributed by atoms with Crippen LogP contribution < -0.4 is 10.6 Å². The number of halogens is 1. The number of methoxy groups -OCH3 is 1. The Morgan fingerprint density at radius 3 is 2.72 bits per heavy atom. The maximum absolute atomic E-state index is 14.0. The van der Waals surface area contributed by atoms with E-state index >= 15 is 0 Å². The standard InChI is InChI=1S/C14H23FN2O/c1-4-17(8-9-18-3)14-12(10-11(2)16)6-5-7-13(14)15/h5-7,11H,4,8-10,16H2,1-3H3. The van der Waals surface area contributed by atoms with Gasteiger partial charge in [0.05, 0.1) is 12.3 Å². The molecule has 1 unspecified atom stereocenters. The summed E-state index contributed by atoms with van der Waals surface area (Å²) >= 11 is 0. The van der Waals surface area contributed by atoms with Crippen LogP contribution in [0.15, 0.2) is 18.2 Å². The molecule has 0 saturated carbocycles. The fourth-order valence-electron chi connectivity index (χ4n) is 2.06. The number of hydrogen-bond donors (Lipinski definition) is 1. The second-order valence-corrected chi connectivity index (χ2v) is 4.50. The quantitative estimate of drug-likeness (QED) is 0.810. The molecule has 1 rings (SSSR count). The van der Waals surface area contributed by atoms with Crippen molar-refractivity contribution in [1.82, 2.24) is 0 Å². The Morgan fingerprint density at radius 2 is 2.17 bits per heavy atom. The normalized spacial score (nSPS) is 12.5. The predicted molar refractivity (Wildman–Crippen MR) is 73.5 cm³/mol. The lowest BCUT2D eigenvalue weighted by atomic mass is 10.0. The smallest absolute Gasteiger partial charge is 0.146 e. The Kier molecular flexibility index (Phi) is 6.09. The number of para-hydroxylation sites is 1. The fraction of sp³-hybridized carbons (Fsp3) is 0.571. The Bertz CT molecular complexity index is 369. The molecule has 0 amide bonds. The van der Waals surface area contributed by atoms with Crippen molar-refractivity contribution in [2.45, 2.75) is 26.3 Å². The molecule has 4 heteroatoms. The number of nitrogens with two attached hydrogens (primary N) is 1. The number of likely N-dealkylation sites (N-methyl/N-ethyl adjacent to an activating group) is 1. The highest BCUT2D eigenvalue weighted by Gasteiger charge is 2.15. The van der Waals surface area contributed by atoms with Gasteiger partial charge in [0.1, 0.15) is 5.82 Å². The summed E-state index contributed by atoms with van der Waals surface area (Å²) in [5.74, 6) is -0.189. The molecule has 0 saturated heterocycles. The number of rotatable bonds is 7. The average molecular weight is 254 g/mol. The van der Waals surface area contributed by atoms with E-state index in [9.17, 15) is 4.39 Å². The topological polar surface area (TPSA) is 38.5 Å². The summed E-state index contributed by atoms with van der Waals surface area (Å²) in [4.78, 5) is 2.00. The van der Waals surface area contributed by atoms with E-state index in [1.54, 1.807) is 13.2 Å². The third-order valence-electron chi connectivity index (χ3n) is 2.88. The lowest BCUT2D eigenvalue weighted by molar-refractivity contribution is 0.205. The lowest BCUT2D eigenvalue weighted by Gasteiger charge is -2.26. The SMILES string of the molecule is CCN(CCOC)c1c(F)cccc1CC(C)N. The van der Waals surface area contributed by atoms with E-state index < -0.39 is 0 Å². The molecule has 2 N–H and O–H groups in total. The Morgan fingerprint density at radius 1 is 1.44 bits per heavy atom. The number of hydrogen-bond acceptors (Lipinski definition) is 3. The second-order valence-electron chi connectivity index (χ2n) is 4.50. The molecular formula is C14H23FN2O. The van der Waals surface area contributed by atoms with Gasteiger partial charge in [0.15, 0.2) is 0 Å². The van der Waals surface area contributed by atoms with Crippen LogP contribution in [0.25, 0.3) is 0 Å². The molecule has 102 valence electrons. The molecule has 1 aromatic carbocycles. The van der Waals surface area contributed by atoms with E-state index in [2.05, 4.69) is 0 Å². The van der Waals surface area contributed by atoms with Crippen molar-refractivity contribution < 1.29 is 9.13 Å². The maximum atomic E-state index is 14.0. The Labute approximate surface area is 109 Å². The molecule has 0 bridgehead atoms. The van der Waals surface area contributed by atoms with Crippen LogP contribution in [0, 0.1) is 5.82 Å². The van der Waals surface area contributed by atoms with Gasteiger partial charge in [-0.3, -0.25) is 0 Å². The number of anilines is 1. The van der Waals surface area contributed by atoms with Crippen LogP contribution in [0.3, 0.4) is 0 Å². The molecule has 0 radical (unpaired) electrons. The van der Waals surface area contributed by atoms with Crippen molar-refractivity contribution in [3.63, 3.8) is 0 Å². The highest BCUT2D eigenvalue weighted by atomic mass is 19.1. The van der Waals surface area contributed by atoms with E-state index in [-0.39, 0.29) is 11.9 Å². The van der Waals surface area contributed by atoms with Crippen molar-refractivity contribution in [3.05, 3.63) is 29.6 Å². The second kappa shape index (κ2) is 7.34. The van der Waals surface area contributed by atoms with Crippen molar-refractivity contribution in [2.24, 2.45) is 5.73 Å². The summed E-state index contributed by atoms with van der Waals surface area (Å²) in [7, 11) is 1.65. The van der Waals surface area contributed by atoms with Gasteiger partial charge >= 0.3 is 0 Å². The van der Waals surface area contributed by atoms with Gasteiger partial charge in [0, 0.05) is 26.2 Å². The molecule has 0 heterocycles. The van der Waals surface area contributed by atoms with Gasteiger partial charge in [-0.2, -0.15) is 0 Å². The predicted octanol–water partition coefficient (Wildman–Crippen LogP) is 2.19. The van der Waals surface area contributed by atoms with Crippen LogP contribution in [0.5, 0.6) is 0 Å². The first-order chi connectivity index (χ1) is 8.60. The monoisotopic (exact) mass is 254 g/mol. The van der Waals surface area contributed by atoms with E-state index in [1.165, 1.54) is 6.07 Å². The first kappa shape index (κ1) is 14.9. The van der Waals surface area contributed by atoms with Crippen LogP contribution >= 0.6 is 0 Å². The van der Waals surface area contributed by atoms with E-state index in [0.717, 1.165) is 12.1 Å². The third kappa shape index (κ3) is 3.96. The van der Waals surface area contributed by atoms with Gasteiger partial charge < -0.3 is 15.4 Å². The molecule has 0 aromatic heterocycles. The first-order valence-electron chi connectivity index (χ1n) is 6.37. The molecule has 0 fully saturated rings. The minimum absolute atomic E-state index is 0.0201. The first-order valence-corrected chi connectivity index (χ1v) is 6.37. The number of benzene rings is 1. The summed E-state index contributed by atoms with van der Waals surface area (Å²) in [6.07, 6.45) is 0.677. The molecule has 1 aromatic rings. The summed E-state index contributed by atoms with van der Waals surface area (Å²) in [6.45, 7) is 5.95. The molecule has 18 heavy (non-hydrogen) atoms. The largest absolute Gasteiger partial charge is 0.383 e. The van der Waals surface area contributed by atoms with Crippen LogP contribution in [-0.2, 0) is 11.2 Å². The van der Waals surface area contributed by atoms with Crippen LogP contribution in [0.4, 0.5) is 10.1 Å². The van der Waals surface area contributed by atoms with Crippen LogP contribution in [0.1, 0.15) is 19.4 Å². The Hall–Kier alpha value is -1.13. The van der Waals surface area contributed by atoms with Crippen molar-refractivity contribution in [1.29, 1.82) is 0 Å². The maximum Gasteiger partial charge on any atom is 0.146 e. The van der Waals surface area contributed by atoms with E-state index in [0.29, 0.717) is 25.3 Å². The lowest BCUT2D eigenvalue weighted by Crippen LogP contribution is -2.30. The molecular weight excluding hydrogens is 231 g/mol. The molecule has 3 nitrogen and oxygen atoms in total.